The van der Waals surface area contributed by atoms with Gasteiger partial charge >= 0.3 is 0 Å². The molecule has 0 bridgehead atoms. The third kappa shape index (κ3) is 2.02. The molecule has 4 aliphatic carbocycles. The van der Waals surface area contributed by atoms with Crippen molar-refractivity contribution in [1.82, 2.24) is 0 Å². The number of hydrogen-bond acceptors (Lipinski definition) is 2. The Morgan fingerprint density at radius 3 is 2.74 bits per heavy atom. The maximum Gasteiger partial charge on any atom is 0.133 e. The lowest BCUT2D eigenvalue weighted by atomic mass is 9.47. The summed E-state index contributed by atoms with van der Waals surface area (Å²) in [7, 11) is 0. The first kappa shape index (κ1) is 15.7. The lowest BCUT2D eigenvalue weighted by Gasteiger charge is -2.58. The second kappa shape index (κ2) is 5.09. The van der Waals surface area contributed by atoms with Crippen molar-refractivity contribution in [2.24, 2.45) is 40.9 Å². The summed E-state index contributed by atoms with van der Waals surface area (Å²) in [5.41, 5.74) is -1.00. The molecule has 0 aromatic carbocycles. The molecule has 23 heavy (non-hydrogen) atoms. The summed E-state index contributed by atoms with van der Waals surface area (Å²) in [6, 6.07) is 0. The predicted octanol–water partition coefficient (Wildman–Crippen LogP) is 3.82. The molecule has 0 aliphatic heterocycles. The largest absolute Gasteiger partial charge is 0.377 e. The lowest BCUT2D eigenvalue weighted by molar-refractivity contribution is -0.136. The van der Waals surface area contributed by atoms with Crippen LogP contribution in [0.3, 0.4) is 0 Å². The van der Waals surface area contributed by atoms with Crippen molar-refractivity contribution in [1.29, 1.82) is 0 Å². The highest BCUT2D eigenvalue weighted by Gasteiger charge is 2.63. The number of carbonyl (C=O) groups excluding carboxylic acids is 1. The first-order chi connectivity index (χ1) is 10.9. The minimum atomic E-state index is -0.901. The number of fused-ring (bicyclic) bond motifs is 5. The Morgan fingerprint density at radius 1 is 1.22 bits per heavy atom. The molecule has 0 radical (unpaired) electrons. The normalized spacial score (nSPS) is 55.5. The standard InChI is InChI=1S/C21H30O2/c1-4-21(23)10-8-18-19-13(2)11-14-12-15(22)5-6-16(14)17(19)7-9-20(18,21)3/h1,13-14,16-19,23H,5-12H2,2-3H3/t13?,14?,16?,17?,18?,19?,20-,21-/m0/s1. The Labute approximate surface area is 140 Å². The van der Waals surface area contributed by atoms with Gasteiger partial charge in [0.15, 0.2) is 0 Å². The van der Waals surface area contributed by atoms with Gasteiger partial charge in [-0.1, -0.05) is 19.8 Å². The Kier molecular flexibility index (Phi) is 3.48. The van der Waals surface area contributed by atoms with Crippen LogP contribution < -0.4 is 0 Å². The maximum atomic E-state index is 11.9. The quantitative estimate of drug-likeness (QED) is 0.690. The molecule has 0 aromatic rings. The van der Waals surface area contributed by atoms with E-state index in [0.29, 0.717) is 29.5 Å². The zero-order valence-corrected chi connectivity index (χ0v) is 14.6. The minimum Gasteiger partial charge on any atom is -0.377 e. The first-order valence-corrected chi connectivity index (χ1v) is 9.61. The molecule has 2 nitrogen and oxygen atoms in total. The van der Waals surface area contributed by atoms with Crippen LogP contribution in [0.15, 0.2) is 0 Å². The van der Waals surface area contributed by atoms with Gasteiger partial charge in [-0.3, -0.25) is 4.79 Å². The number of carbonyl (C=O) groups is 1. The molecule has 8 atom stereocenters. The van der Waals surface area contributed by atoms with Gasteiger partial charge in [-0.05, 0) is 74.0 Å². The molecule has 0 saturated heterocycles. The van der Waals surface area contributed by atoms with Gasteiger partial charge in [0, 0.05) is 18.3 Å². The highest BCUT2D eigenvalue weighted by Crippen LogP contribution is 2.66. The topological polar surface area (TPSA) is 37.3 Å². The molecule has 4 aliphatic rings. The predicted molar refractivity (Wildman–Crippen MR) is 90.4 cm³/mol. The third-order valence-corrected chi connectivity index (χ3v) is 8.51. The number of terminal acetylenes is 1. The second-order valence-electron chi connectivity index (χ2n) is 9.27. The van der Waals surface area contributed by atoms with E-state index in [1.54, 1.807) is 0 Å². The van der Waals surface area contributed by atoms with Crippen molar-refractivity contribution < 1.29 is 9.90 Å². The molecule has 2 heteroatoms. The lowest BCUT2D eigenvalue weighted by Crippen LogP contribution is -2.55. The smallest absolute Gasteiger partial charge is 0.133 e. The highest BCUT2D eigenvalue weighted by atomic mass is 16.3. The minimum absolute atomic E-state index is 0.103. The molecule has 126 valence electrons. The van der Waals surface area contributed by atoms with Crippen molar-refractivity contribution in [3.8, 4) is 12.3 Å². The fourth-order valence-corrected chi connectivity index (χ4v) is 7.36. The Morgan fingerprint density at radius 2 is 2.00 bits per heavy atom. The molecule has 4 saturated carbocycles. The van der Waals surface area contributed by atoms with Crippen molar-refractivity contribution in [3.05, 3.63) is 0 Å². The van der Waals surface area contributed by atoms with Crippen LogP contribution in [0, 0.1) is 53.3 Å². The second-order valence-corrected chi connectivity index (χ2v) is 9.27. The maximum absolute atomic E-state index is 11.9. The summed E-state index contributed by atoms with van der Waals surface area (Å²) in [4.78, 5) is 11.9. The van der Waals surface area contributed by atoms with Crippen LogP contribution in [-0.2, 0) is 4.79 Å². The third-order valence-electron chi connectivity index (χ3n) is 8.51. The van der Waals surface area contributed by atoms with Crippen LogP contribution >= 0.6 is 0 Å². The van der Waals surface area contributed by atoms with E-state index in [0.717, 1.165) is 50.4 Å². The molecule has 4 rings (SSSR count). The van der Waals surface area contributed by atoms with Crippen molar-refractivity contribution >= 4 is 5.78 Å². The van der Waals surface area contributed by atoms with E-state index in [4.69, 9.17) is 6.42 Å². The number of rotatable bonds is 0. The SMILES string of the molecule is C#C[C@]1(O)CCC2C3C(C)CC4CC(=O)CCC4C3CC[C@@]21C. The molecule has 0 heterocycles. The van der Waals surface area contributed by atoms with E-state index in [2.05, 4.69) is 19.8 Å². The molecule has 4 fully saturated rings. The van der Waals surface area contributed by atoms with Gasteiger partial charge < -0.3 is 5.11 Å². The van der Waals surface area contributed by atoms with Crippen LogP contribution in [0.5, 0.6) is 0 Å². The summed E-state index contributed by atoms with van der Waals surface area (Å²) < 4.78 is 0. The number of aliphatic hydroxyl groups is 1. The van der Waals surface area contributed by atoms with Crippen molar-refractivity contribution in [3.63, 3.8) is 0 Å². The molecular formula is C21H30O2. The average molecular weight is 314 g/mol. The molecular weight excluding hydrogens is 284 g/mol. The number of ketones is 1. The molecule has 0 amide bonds. The molecule has 6 unspecified atom stereocenters. The van der Waals surface area contributed by atoms with Gasteiger partial charge in [0.2, 0.25) is 0 Å². The van der Waals surface area contributed by atoms with Gasteiger partial charge in [0.05, 0.1) is 0 Å². The van der Waals surface area contributed by atoms with Crippen molar-refractivity contribution in [2.45, 2.75) is 70.8 Å². The monoisotopic (exact) mass is 314 g/mol. The van der Waals surface area contributed by atoms with Gasteiger partial charge in [0.1, 0.15) is 11.4 Å². The van der Waals surface area contributed by atoms with E-state index in [-0.39, 0.29) is 5.41 Å². The Balaban J connectivity index is 1.66. The molecule has 1 N–H and O–H groups in total. The first-order valence-electron chi connectivity index (χ1n) is 9.61. The summed E-state index contributed by atoms with van der Waals surface area (Å²) in [5.74, 6) is 7.32. The summed E-state index contributed by atoms with van der Waals surface area (Å²) in [5, 5.41) is 11.0. The van der Waals surface area contributed by atoms with E-state index < -0.39 is 5.60 Å². The van der Waals surface area contributed by atoms with Gasteiger partial charge in [0.25, 0.3) is 0 Å². The zero-order valence-electron chi connectivity index (χ0n) is 14.6. The van der Waals surface area contributed by atoms with Crippen LogP contribution in [0.1, 0.15) is 65.2 Å². The van der Waals surface area contributed by atoms with Gasteiger partial charge in [-0.2, -0.15) is 0 Å². The average Bonchev–Trinajstić information content (AvgIpc) is 2.79. The summed E-state index contributed by atoms with van der Waals surface area (Å²) in [6.45, 7) is 4.65. The highest BCUT2D eigenvalue weighted by molar-refractivity contribution is 5.79. The van der Waals surface area contributed by atoms with Crippen LogP contribution in [-0.4, -0.2) is 16.5 Å². The fourth-order valence-electron chi connectivity index (χ4n) is 7.36. The fraction of sp³-hybridized carbons (Fsp3) is 0.857. The van der Waals surface area contributed by atoms with Crippen LogP contribution in [0.2, 0.25) is 0 Å². The molecule has 0 aromatic heterocycles. The molecule has 0 spiro atoms. The van der Waals surface area contributed by atoms with E-state index in [1.807, 2.05) is 0 Å². The van der Waals surface area contributed by atoms with E-state index in [9.17, 15) is 9.90 Å². The van der Waals surface area contributed by atoms with Gasteiger partial charge in [-0.25, -0.2) is 0 Å². The zero-order chi connectivity index (χ0) is 16.4. The van der Waals surface area contributed by atoms with E-state index >= 15 is 0 Å². The van der Waals surface area contributed by atoms with Crippen LogP contribution in [0.25, 0.3) is 0 Å². The summed E-state index contributed by atoms with van der Waals surface area (Å²) in [6.07, 6.45) is 13.8. The van der Waals surface area contributed by atoms with Crippen LogP contribution in [0.4, 0.5) is 0 Å². The Bertz CT molecular complexity index is 561. The van der Waals surface area contributed by atoms with Gasteiger partial charge in [-0.15, -0.1) is 6.42 Å². The number of hydrogen-bond donors (Lipinski definition) is 1. The Hall–Kier alpha value is -0.810. The van der Waals surface area contributed by atoms with Crippen molar-refractivity contribution in [2.75, 3.05) is 0 Å². The summed E-state index contributed by atoms with van der Waals surface area (Å²) >= 11 is 0. The van der Waals surface area contributed by atoms with E-state index in [1.165, 1.54) is 12.8 Å². The number of Topliss-reactive ketones (excluding diaryl/α,β-unsaturated/α-hetero) is 1.